The molecule has 1 amide bonds. The van der Waals surface area contributed by atoms with Crippen LogP contribution in [0.15, 0.2) is 46.1 Å². The third-order valence-corrected chi connectivity index (χ3v) is 9.03. The van der Waals surface area contributed by atoms with E-state index in [4.69, 9.17) is 0 Å². The number of allylic oxidation sites excluding steroid dienone is 1. The number of hydrogen-bond acceptors (Lipinski definition) is 10. The van der Waals surface area contributed by atoms with Crippen molar-refractivity contribution in [2.45, 2.75) is 26.8 Å². The van der Waals surface area contributed by atoms with Gasteiger partial charge in [-0.05, 0) is 38.5 Å². The number of piperazine rings is 1. The molecule has 2 aromatic heterocycles. The molecule has 13 heteroatoms. The monoisotopic (exact) mass is 521 g/mol. The molecule has 3 rings (SSSR count). The van der Waals surface area contributed by atoms with Gasteiger partial charge in [-0.25, -0.2) is 28.2 Å². The Balaban J connectivity index is 1.58. The number of nitrogens with zero attached hydrogens (tertiary/aromatic N) is 5. The minimum Gasteiger partial charge on any atom is -0.453 e. The van der Waals surface area contributed by atoms with Crippen LogP contribution in [0.5, 0.6) is 0 Å². The Bertz CT molecular complexity index is 1200. The molecule has 0 saturated carbocycles. The van der Waals surface area contributed by atoms with Crippen LogP contribution in [0, 0.1) is 0 Å². The minimum absolute atomic E-state index is 0.0769. The highest BCUT2D eigenvalue weighted by Gasteiger charge is 2.32. The van der Waals surface area contributed by atoms with Gasteiger partial charge in [0.1, 0.15) is 16.4 Å². The Morgan fingerprint density at radius 2 is 1.94 bits per heavy atom. The van der Waals surface area contributed by atoms with E-state index in [0.29, 0.717) is 37.4 Å². The Morgan fingerprint density at radius 3 is 2.60 bits per heavy atom. The molecule has 0 aromatic carbocycles. The van der Waals surface area contributed by atoms with Gasteiger partial charge in [-0.15, -0.1) is 0 Å². The fourth-order valence-electron chi connectivity index (χ4n) is 3.66. The van der Waals surface area contributed by atoms with Gasteiger partial charge in [0.2, 0.25) is 10.0 Å². The zero-order valence-corrected chi connectivity index (χ0v) is 21.9. The van der Waals surface area contributed by atoms with E-state index in [0.717, 1.165) is 29.5 Å². The summed E-state index contributed by atoms with van der Waals surface area (Å²) in [7, 11) is -2.50. The quantitative estimate of drug-likeness (QED) is 0.508. The third kappa shape index (κ3) is 6.90. The van der Waals surface area contributed by atoms with Crippen molar-refractivity contribution < 1.29 is 17.9 Å². The van der Waals surface area contributed by atoms with E-state index in [1.54, 1.807) is 20.0 Å². The van der Waals surface area contributed by atoms with Gasteiger partial charge >= 0.3 is 6.09 Å². The molecule has 2 aromatic rings. The number of rotatable bonds is 9. The second kappa shape index (κ2) is 11.8. The van der Waals surface area contributed by atoms with Gasteiger partial charge in [0.25, 0.3) is 0 Å². The Kier molecular flexibility index (Phi) is 9.05. The fourth-order valence-corrected chi connectivity index (χ4v) is 6.66. The van der Waals surface area contributed by atoms with Crippen LogP contribution in [0.4, 0.5) is 10.6 Å². The molecule has 3 heterocycles. The van der Waals surface area contributed by atoms with E-state index in [2.05, 4.69) is 48.7 Å². The van der Waals surface area contributed by atoms with Gasteiger partial charge in [-0.1, -0.05) is 18.3 Å². The van der Waals surface area contributed by atoms with Crippen LogP contribution in [0.2, 0.25) is 0 Å². The van der Waals surface area contributed by atoms with Crippen molar-refractivity contribution in [2.75, 3.05) is 45.2 Å². The Hall–Kier alpha value is -2.74. The van der Waals surface area contributed by atoms with E-state index in [1.807, 2.05) is 12.1 Å². The second-order valence-corrected chi connectivity index (χ2v) is 11.5. The number of alkyl carbamates (subject to hydrolysis) is 1. The summed E-state index contributed by atoms with van der Waals surface area (Å²) in [6, 6.07) is 3.85. The number of anilines is 1. The van der Waals surface area contributed by atoms with Crippen molar-refractivity contribution in [1.29, 1.82) is 0 Å². The normalized spacial score (nSPS) is 15.9. The van der Waals surface area contributed by atoms with Crippen LogP contribution in [-0.2, 0) is 14.8 Å². The van der Waals surface area contributed by atoms with Gasteiger partial charge in [-0.3, -0.25) is 10.2 Å². The van der Waals surface area contributed by atoms with Crippen molar-refractivity contribution in [3.05, 3.63) is 46.1 Å². The van der Waals surface area contributed by atoms with E-state index in [-0.39, 0.29) is 15.3 Å². The molecule has 0 bridgehead atoms. The summed E-state index contributed by atoms with van der Waals surface area (Å²) in [4.78, 5) is 26.4. The zero-order chi connectivity index (χ0) is 25.6. The fraction of sp³-hybridized carbons (Fsp3) is 0.455. The molecule has 0 aliphatic carbocycles. The number of hydrogen-bond donors (Lipinski definition) is 2. The average molecular weight is 522 g/mol. The summed E-state index contributed by atoms with van der Waals surface area (Å²) in [6.45, 7) is 11.9. The summed E-state index contributed by atoms with van der Waals surface area (Å²) in [6.07, 6.45) is 2.48. The summed E-state index contributed by atoms with van der Waals surface area (Å²) in [5.41, 5.74) is 1.25. The molecule has 1 aliphatic rings. The molecule has 0 spiro atoms. The van der Waals surface area contributed by atoms with Crippen LogP contribution in [0.1, 0.15) is 20.8 Å². The lowest BCUT2D eigenvalue weighted by Gasteiger charge is -2.35. The standard InChI is InChI=1S/C22H31N7O4S2/c1-15(2)21(34-17(4)27-22(30)33-5)35(31,32)29-11-9-28(10-12-29)13-16(3)26-20-18-7-6-8-23-19(18)24-14-25-20/h6-8,14,16H,4,9-13H2,1-3,5H3,(H,27,30)(H,23,24,25,26)/t16-/m0/s1. The number of thioether (sulfide) groups is 1. The van der Waals surface area contributed by atoms with E-state index in [9.17, 15) is 13.2 Å². The maximum absolute atomic E-state index is 13.3. The number of aromatic nitrogens is 3. The van der Waals surface area contributed by atoms with Crippen LogP contribution in [-0.4, -0.2) is 84.5 Å². The molecule has 1 saturated heterocycles. The molecule has 0 unspecified atom stereocenters. The molecule has 1 atom stereocenters. The first-order chi connectivity index (χ1) is 16.6. The number of fused-ring (bicyclic) bond motifs is 1. The van der Waals surface area contributed by atoms with Crippen LogP contribution >= 0.6 is 11.8 Å². The number of carbonyl (C=O) groups is 1. The summed E-state index contributed by atoms with van der Waals surface area (Å²) in [5, 5.41) is 6.87. The Morgan fingerprint density at radius 1 is 1.23 bits per heavy atom. The smallest absolute Gasteiger partial charge is 0.411 e. The lowest BCUT2D eigenvalue weighted by atomic mass is 10.2. The molecule has 11 nitrogen and oxygen atoms in total. The van der Waals surface area contributed by atoms with Gasteiger partial charge in [-0.2, -0.15) is 4.31 Å². The topological polar surface area (TPSA) is 130 Å². The minimum atomic E-state index is -3.73. The molecule has 190 valence electrons. The number of methoxy groups -OCH3 is 1. The van der Waals surface area contributed by atoms with Crippen molar-refractivity contribution in [3.8, 4) is 0 Å². The predicted octanol–water partition coefficient (Wildman–Crippen LogP) is 2.58. The van der Waals surface area contributed by atoms with Gasteiger partial charge < -0.3 is 10.1 Å². The van der Waals surface area contributed by atoms with Gasteiger partial charge in [0.15, 0.2) is 5.65 Å². The van der Waals surface area contributed by atoms with E-state index in [1.165, 1.54) is 17.7 Å². The summed E-state index contributed by atoms with van der Waals surface area (Å²) < 4.78 is 32.8. The first-order valence-corrected chi connectivity index (χ1v) is 13.3. The van der Waals surface area contributed by atoms with Gasteiger partial charge in [0.05, 0.1) is 17.5 Å². The highest BCUT2D eigenvalue weighted by Crippen LogP contribution is 2.33. The summed E-state index contributed by atoms with van der Waals surface area (Å²) in [5.74, 6) is 0.725. The van der Waals surface area contributed by atoms with Crippen molar-refractivity contribution in [2.24, 2.45) is 0 Å². The highest BCUT2D eigenvalue weighted by molar-refractivity contribution is 8.20. The number of nitrogens with one attached hydrogen (secondary N) is 2. The van der Waals surface area contributed by atoms with Crippen molar-refractivity contribution >= 4 is 44.7 Å². The molecular weight excluding hydrogens is 490 g/mol. The Labute approximate surface area is 210 Å². The van der Waals surface area contributed by atoms with Crippen LogP contribution in [0.3, 0.4) is 0 Å². The average Bonchev–Trinajstić information content (AvgIpc) is 2.82. The third-order valence-electron chi connectivity index (χ3n) is 5.28. The number of amides is 1. The molecule has 35 heavy (non-hydrogen) atoms. The lowest BCUT2D eigenvalue weighted by Crippen LogP contribution is -2.50. The molecule has 0 radical (unpaired) electrons. The zero-order valence-electron chi connectivity index (χ0n) is 20.3. The SMILES string of the molecule is C=C(NC(=O)OC)SC(=C(C)C)S(=O)(=O)N1CCN(C[C@H](C)Nc2ncnc3ncccc23)CC1. The maximum atomic E-state index is 13.3. The molecule has 2 N–H and O–H groups in total. The van der Waals surface area contributed by atoms with Crippen molar-refractivity contribution in [1.82, 2.24) is 29.5 Å². The largest absolute Gasteiger partial charge is 0.453 e. The van der Waals surface area contributed by atoms with Gasteiger partial charge in [0, 0.05) is 45.0 Å². The summed E-state index contributed by atoms with van der Waals surface area (Å²) >= 11 is 0.913. The van der Waals surface area contributed by atoms with Crippen LogP contribution < -0.4 is 10.6 Å². The molecular formula is C22H31N7O4S2. The molecule has 1 fully saturated rings. The first-order valence-electron chi connectivity index (χ1n) is 11.1. The second-order valence-electron chi connectivity index (χ2n) is 8.28. The van der Waals surface area contributed by atoms with E-state index < -0.39 is 16.1 Å². The highest BCUT2D eigenvalue weighted by atomic mass is 32.3. The number of ether oxygens (including phenoxy) is 1. The van der Waals surface area contributed by atoms with E-state index >= 15 is 0 Å². The predicted molar refractivity (Wildman–Crippen MR) is 138 cm³/mol. The number of sulfonamides is 1. The number of carbonyl (C=O) groups excluding carboxylic acids is 1. The number of pyridine rings is 1. The lowest BCUT2D eigenvalue weighted by molar-refractivity contribution is 0.175. The van der Waals surface area contributed by atoms with Crippen LogP contribution in [0.25, 0.3) is 11.0 Å². The molecule has 1 aliphatic heterocycles. The van der Waals surface area contributed by atoms with Crippen molar-refractivity contribution in [3.63, 3.8) is 0 Å². The first kappa shape index (κ1) is 26.9. The maximum Gasteiger partial charge on any atom is 0.411 e.